The van der Waals surface area contributed by atoms with Gasteiger partial charge in [-0.2, -0.15) is 0 Å². The molecular formula is C16H19FN2OS. The van der Waals surface area contributed by atoms with Gasteiger partial charge in [-0.05, 0) is 17.5 Å². The molecule has 0 bridgehead atoms. The average Bonchev–Trinajstić information content (AvgIpc) is 3.04. The number of benzene rings is 1. The molecular weight excluding hydrogens is 287 g/mol. The van der Waals surface area contributed by atoms with Crippen LogP contribution in [0.5, 0.6) is 5.75 Å². The van der Waals surface area contributed by atoms with Crippen LogP contribution in [-0.2, 0) is 0 Å². The highest BCUT2D eigenvalue weighted by Crippen LogP contribution is 2.35. The molecule has 1 N–H and O–H groups in total. The molecule has 1 aliphatic rings. The Hall–Kier alpha value is -1.43. The minimum atomic E-state index is -0.253. The molecule has 0 spiro atoms. The molecule has 1 atom stereocenters. The quantitative estimate of drug-likeness (QED) is 0.940. The molecule has 2 aromatic rings. The summed E-state index contributed by atoms with van der Waals surface area (Å²) in [5, 5.41) is 5.39. The highest BCUT2D eigenvalue weighted by molar-refractivity contribution is 7.10. The highest BCUT2D eigenvalue weighted by atomic mass is 32.1. The molecule has 112 valence electrons. The van der Waals surface area contributed by atoms with Crippen LogP contribution in [-0.4, -0.2) is 38.2 Å². The first-order chi connectivity index (χ1) is 10.3. The fourth-order valence-corrected chi connectivity index (χ4v) is 3.69. The summed E-state index contributed by atoms with van der Waals surface area (Å²) in [5.74, 6) is 0.0566. The standard InChI is InChI=1S/C16H19FN2OS/c1-20-13-5-2-4-12(15(13)17)16(14-6-3-11-21-14)19-9-7-18-8-10-19/h2-6,11,16,18H,7-10H2,1H3/t16-/m0/s1. The van der Waals surface area contributed by atoms with Crippen molar-refractivity contribution < 1.29 is 9.13 Å². The lowest BCUT2D eigenvalue weighted by atomic mass is 10.0. The van der Waals surface area contributed by atoms with E-state index in [0.29, 0.717) is 11.3 Å². The van der Waals surface area contributed by atoms with Gasteiger partial charge in [0.15, 0.2) is 11.6 Å². The second kappa shape index (κ2) is 6.56. The number of hydrogen-bond donors (Lipinski definition) is 1. The van der Waals surface area contributed by atoms with E-state index in [2.05, 4.69) is 16.3 Å². The van der Waals surface area contributed by atoms with Crippen molar-refractivity contribution in [3.8, 4) is 5.75 Å². The summed E-state index contributed by atoms with van der Waals surface area (Å²) in [6, 6.07) is 9.46. The third-order valence-electron chi connectivity index (χ3n) is 3.84. The topological polar surface area (TPSA) is 24.5 Å². The Morgan fingerprint density at radius 3 is 2.71 bits per heavy atom. The molecule has 0 radical (unpaired) electrons. The SMILES string of the molecule is COc1cccc([C@@H](c2cccs2)N2CCNCC2)c1F. The predicted octanol–water partition coefficient (Wildman–Crippen LogP) is 2.89. The van der Waals surface area contributed by atoms with E-state index in [1.165, 1.54) is 12.0 Å². The summed E-state index contributed by atoms with van der Waals surface area (Å²) >= 11 is 1.67. The van der Waals surface area contributed by atoms with Crippen LogP contribution in [0.2, 0.25) is 0 Å². The van der Waals surface area contributed by atoms with Crippen LogP contribution in [0.25, 0.3) is 0 Å². The number of hydrogen-bond acceptors (Lipinski definition) is 4. The van der Waals surface area contributed by atoms with Crippen LogP contribution < -0.4 is 10.1 Å². The summed E-state index contributed by atoms with van der Waals surface area (Å²) in [7, 11) is 1.51. The molecule has 0 aliphatic carbocycles. The average molecular weight is 306 g/mol. The minimum absolute atomic E-state index is 0.0396. The Kier molecular flexibility index (Phi) is 4.53. The first-order valence-corrected chi connectivity index (χ1v) is 8.00. The predicted molar refractivity (Wildman–Crippen MR) is 83.6 cm³/mol. The van der Waals surface area contributed by atoms with Gasteiger partial charge in [-0.1, -0.05) is 18.2 Å². The summed E-state index contributed by atoms with van der Waals surface area (Å²) in [6.07, 6.45) is 0. The Morgan fingerprint density at radius 1 is 1.24 bits per heavy atom. The summed E-state index contributed by atoms with van der Waals surface area (Å²) < 4.78 is 19.8. The summed E-state index contributed by atoms with van der Waals surface area (Å²) in [6.45, 7) is 3.71. The molecule has 3 rings (SSSR count). The number of rotatable bonds is 4. The van der Waals surface area contributed by atoms with Crippen molar-refractivity contribution in [1.29, 1.82) is 0 Å². The molecule has 0 unspecified atom stereocenters. The van der Waals surface area contributed by atoms with Crippen molar-refractivity contribution in [2.24, 2.45) is 0 Å². The van der Waals surface area contributed by atoms with Gasteiger partial charge in [0.05, 0.1) is 13.2 Å². The molecule has 5 heteroatoms. The Balaban J connectivity index is 2.03. The number of thiophene rings is 1. The van der Waals surface area contributed by atoms with Crippen molar-refractivity contribution in [3.63, 3.8) is 0 Å². The number of ether oxygens (including phenoxy) is 1. The fraction of sp³-hybridized carbons (Fsp3) is 0.375. The molecule has 21 heavy (non-hydrogen) atoms. The summed E-state index contributed by atoms with van der Waals surface area (Å²) in [4.78, 5) is 3.50. The monoisotopic (exact) mass is 306 g/mol. The molecule has 1 fully saturated rings. The lowest BCUT2D eigenvalue weighted by Crippen LogP contribution is -2.45. The van der Waals surface area contributed by atoms with E-state index in [1.54, 1.807) is 17.4 Å². The zero-order valence-corrected chi connectivity index (χ0v) is 12.8. The second-order valence-corrected chi connectivity index (χ2v) is 6.05. The molecule has 1 saturated heterocycles. The molecule has 2 heterocycles. The number of halogens is 1. The van der Waals surface area contributed by atoms with Gasteiger partial charge in [0, 0.05) is 36.6 Å². The number of nitrogens with one attached hydrogen (secondary N) is 1. The number of nitrogens with zero attached hydrogens (tertiary/aromatic N) is 1. The van der Waals surface area contributed by atoms with Gasteiger partial charge in [-0.15, -0.1) is 11.3 Å². The third kappa shape index (κ3) is 2.95. The van der Waals surface area contributed by atoms with Gasteiger partial charge < -0.3 is 10.1 Å². The van der Waals surface area contributed by atoms with Crippen LogP contribution >= 0.6 is 11.3 Å². The van der Waals surface area contributed by atoms with E-state index in [9.17, 15) is 4.39 Å². The van der Waals surface area contributed by atoms with Crippen LogP contribution in [0, 0.1) is 5.82 Å². The van der Waals surface area contributed by atoms with Gasteiger partial charge >= 0.3 is 0 Å². The lowest BCUT2D eigenvalue weighted by Gasteiger charge is -2.35. The van der Waals surface area contributed by atoms with E-state index in [-0.39, 0.29) is 11.9 Å². The molecule has 1 aromatic carbocycles. The Labute approximate surface area is 128 Å². The van der Waals surface area contributed by atoms with Gasteiger partial charge in [0.25, 0.3) is 0 Å². The second-order valence-electron chi connectivity index (χ2n) is 5.07. The highest BCUT2D eigenvalue weighted by Gasteiger charge is 2.28. The molecule has 0 saturated carbocycles. The van der Waals surface area contributed by atoms with Crippen molar-refractivity contribution >= 4 is 11.3 Å². The van der Waals surface area contributed by atoms with Gasteiger partial charge in [0.1, 0.15) is 0 Å². The molecule has 1 aromatic heterocycles. The third-order valence-corrected chi connectivity index (χ3v) is 4.76. The van der Waals surface area contributed by atoms with Crippen LogP contribution in [0.4, 0.5) is 4.39 Å². The van der Waals surface area contributed by atoms with Crippen molar-refractivity contribution in [2.45, 2.75) is 6.04 Å². The normalized spacial score (nSPS) is 17.6. The van der Waals surface area contributed by atoms with Crippen LogP contribution in [0.1, 0.15) is 16.5 Å². The van der Waals surface area contributed by atoms with Gasteiger partial charge in [0.2, 0.25) is 0 Å². The van der Waals surface area contributed by atoms with E-state index in [4.69, 9.17) is 4.74 Å². The number of piperazine rings is 1. The van der Waals surface area contributed by atoms with E-state index >= 15 is 0 Å². The van der Waals surface area contributed by atoms with Crippen LogP contribution in [0.15, 0.2) is 35.7 Å². The molecule has 3 nitrogen and oxygen atoms in total. The van der Waals surface area contributed by atoms with Crippen LogP contribution in [0.3, 0.4) is 0 Å². The minimum Gasteiger partial charge on any atom is -0.494 e. The lowest BCUT2D eigenvalue weighted by molar-refractivity contribution is 0.197. The van der Waals surface area contributed by atoms with Gasteiger partial charge in [-0.25, -0.2) is 4.39 Å². The first kappa shape index (κ1) is 14.5. The van der Waals surface area contributed by atoms with Gasteiger partial charge in [-0.3, -0.25) is 4.90 Å². The zero-order valence-electron chi connectivity index (χ0n) is 12.0. The maximum atomic E-state index is 14.7. The summed E-state index contributed by atoms with van der Waals surface area (Å²) in [5.41, 5.74) is 0.693. The fourth-order valence-electron chi connectivity index (χ4n) is 2.81. The Morgan fingerprint density at radius 2 is 2.05 bits per heavy atom. The Bertz CT molecular complexity index is 582. The van der Waals surface area contributed by atoms with E-state index in [0.717, 1.165) is 26.2 Å². The maximum absolute atomic E-state index is 14.7. The van der Waals surface area contributed by atoms with E-state index < -0.39 is 0 Å². The van der Waals surface area contributed by atoms with Crippen molar-refractivity contribution in [2.75, 3.05) is 33.3 Å². The maximum Gasteiger partial charge on any atom is 0.170 e. The molecule has 0 amide bonds. The van der Waals surface area contributed by atoms with E-state index in [1.807, 2.05) is 23.6 Å². The molecule has 1 aliphatic heterocycles. The van der Waals surface area contributed by atoms with Crippen molar-refractivity contribution in [3.05, 3.63) is 52.0 Å². The zero-order chi connectivity index (χ0) is 14.7. The first-order valence-electron chi connectivity index (χ1n) is 7.12. The number of methoxy groups -OCH3 is 1. The van der Waals surface area contributed by atoms with Crippen molar-refractivity contribution in [1.82, 2.24) is 10.2 Å². The smallest absolute Gasteiger partial charge is 0.170 e. The largest absolute Gasteiger partial charge is 0.494 e.